The summed E-state index contributed by atoms with van der Waals surface area (Å²) in [5, 5.41) is 0. The van der Waals surface area contributed by atoms with E-state index in [1.54, 1.807) is 0 Å². The number of phosphoric acid groups is 1. The SMILES string of the molecule is CCCCCC=CCC=CCC=CCC=CCCCCO[C@H](CO[14C](=O)CCCCCCCCCCCCCCC)COP(=O)(O)OCC[N+](C)(C)C. The summed E-state index contributed by atoms with van der Waals surface area (Å²) in [6, 6.07) is 0. The first kappa shape index (κ1) is 51.5. The molecule has 9 heteroatoms. The van der Waals surface area contributed by atoms with Gasteiger partial charge in [-0.15, -0.1) is 0 Å². The lowest BCUT2D eigenvalue weighted by Crippen LogP contribution is -2.37. The summed E-state index contributed by atoms with van der Waals surface area (Å²) in [5.74, 6) is -0.270. The molecule has 0 aromatic rings. The lowest BCUT2D eigenvalue weighted by molar-refractivity contribution is -0.870. The van der Waals surface area contributed by atoms with Crippen LogP contribution in [0.15, 0.2) is 48.6 Å². The summed E-state index contributed by atoms with van der Waals surface area (Å²) in [6.45, 7) is 5.37. The van der Waals surface area contributed by atoms with Crippen LogP contribution in [0.3, 0.4) is 0 Å². The Bertz CT molecular complexity index is 989. The van der Waals surface area contributed by atoms with Crippen molar-refractivity contribution in [1.82, 2.24) is 0 Å². The maximum absolute atomic E-state index is 12.5. The molecule has 0 rings (SSSR count). The van der Waals surface area contributed by atoms with Gasteiger partial charge in [0.2, 0.25) is 0 Å². The minimum atomic E-state index is -4.25. The number of phosphoric ester groups is 1. The summed E-state index contributed by atoms with van der Waals surface area (Å²) >= 11 is 0. The Morgan fingerprint density at radius 3 is 1.55 bits per heavy atom. The van der Waals surface area contributed by atoms with Crippen molar-refractivity contribution in [3.8, 4) is 0 Å². The van der Waals surface area contributed by atoms with Crippen LogP contribution in [0.4, 0.5) is 0 Å². The summed E-state index contributed by atoms with van der Waals surface area (Å²) < 4.78 is 34.9. The topological polar surface area (TPSA) is 91.3 Å². The minimum absolute atomic E-state index is 0.0205. The van der Waals surface area contributed by atoms with Crippen LogP contribution in [-0.2, 0) is 27.9 Å². The number of quaternary nitrogens is 1. The zero-order valence-corrected chi connectivity index (χ0v) is 35.9. The number of rotatable bonds is 39. The number of allylic oxidation sites excluding steroid dienone is 8. The van der Waals surface area contributed by atoms with Crippen molar-refractivity contribution in [2.75, 3.05) is 54.1 Å². The van der Waals surface area contributed by atoms with Crippen molar-refractivity contribution in [3.05, 3.63) is 48.6 Å². The van der Waals surface area contributed by atoms with E-state index in [-0.39, 0.29) is 25.8 Å². The molecule has 53 heavy (non-hydrogen) atoms. The fraction of sp³-hybridized carbons (Fsp3) is 0.795. The zero-order chi connectivity index (χ0) is 39.1. The summed E-state index contributed by atoms with van der Waals surface area (Å²) in [4.78, 5) is 22.6. The molecule has 0 aliphatic heterocycles. The van der Waals surface area contributed by atoms with Crippen molar-refractivity contribution in [1.29, 1.82) is 0 Å². The van der Waals surface area contributed by atoms with E-state index in [4.69, 9.17) is 18.5 Å². The largest absolute Gasteiger partial charge is 0.472 e. The third-order valence-electron chi connectivity index (χ3n) is 8.93. The maximum Gasteiger partial charge on any atom is 0.472 e. The molecular weight excluding hydrogens is 687 g/mol. The Morgan fingerprint density at radius 1 is 0.585 bits per heavy atom. The molecule has 1 N–H and O–H groups in total. The summed E-state index contributed by atoms with van der Waals surface area (Å²) in [6.07, 6.45) is 44.4. The Balaban J connectivity index is 4.34. The maximum atomic E-state index is 12.5. The highest BCUT2D eigenvalue weighted by atomic mass is 31.2. The summed E-state index contributed by atoms with van der Waals surface area (Å²) in [7, 11) is 1.68. The fourth-order valence-corrected chi connectivity index (χ4v) is 6.25. The van der Waals surface area contributed by atoms with Gasteiger partial charge in [-0.1, -0.05) is 152 Å². The Kier molecular flexibility index (Phi) is 36.3. The molecule has 0 aliphatic carbocycles. The fourth-order valence-electron chi connectivity index (χ4n) is 5.51. The highest BCUT2D eigenvalue weighted by Crippen LogP contribution is 2.43. The first-order chi connectivity index (χ1) is 25.6. The van der Waals surface area contributed by atoms with Gasteiger partial charge in [0.1, 0.15) is 25.9 Å². The molecule has 0 aliphatic rings. The quantitative estimate of drug-likeness (QED) is 0.0219. The molecule has 0 aromatic carbocycles. The highest BCUT2D eigenvalue weighted by molar-refractivity contribution is 7.47. The average Bonchev–Trinajstić information content (AvgIpc) is 3.11. The van der Waals surface area contributed by atoms with E-state index >= 15 is 0 Å². The molecule has 8 nitrogen and oxygen atoms in total. The third kappa shape index (κ3) is 41.5. The molecule has 2 atom stereocenters. The van der Waals surface area contributed by atoms with Gasteiger partial charge in [0.15, 0.2) is 0 Å². The van der Waals surface area contributed by atoms with Crippen molar-refractivity contribution < 1.29 is 37.3 Å². The number of ether oxygens (including phenoxy) is 2. The van der Waals surface area contributed by atoms with E-state index < -0.39 is 13.9 Å². The lowest BCUT2D eigenvalue weighted by Gasteiger charge is -2.24. The number of nitrogens with zero attached hydrogens (tertiary/aromatic N) is 1. The van der Waals surface area contributed by atoms with Crippen LogP contribution in [-0.4, -0.2) is 75.6 Å². The average molecular weight is 771 g/mol. The molecule has 0 spiro atoms. The molecular formula is C44H83NO7P+. The van der Waals surface area contributed by atoms with Gasteiger partial charge in [-0.2, -0.15) is 0 Å². The zero-order valence-electron chi connectivity index (χ0n) is 35.0. The monoisotopic (exact) mass is 771 g/mol. The minimum Gasteiger partial charge on any atom is -0.463 e. The highest BCUT2D eigenvalue weighted by Gasteiger charge is 2.25. The van der Waals surface area contributed by atoms with Crippen LogP contribution in [0.2, 0.25) is 0 Å². The molecule has 310 valence electrons. The molecule has 0 fully saturated rings. The van der Waals surface area contributed by atoms with Gasteiger partial charge in [0.05, 0.1) is 27.7 Å². The van der Waals surface area contributed by atoms with Gasteiger partial charge in [-0.25, -0.2) is 4.57 Å². The molecule has 1 unspecified atom stereocenters. The number of carbonyl (C=O) groups is 1. The van der Waals surface area contributed by atoms with E-state index in [9.17, 15) is 14.3 Å². The van der Waals surface area contributed by atoms with Gasteiger partial charge in [-0.3, -0.25) is 13.8 Å². The standard InChI is InChI=1S/C44H82NO7P/c1-6-8-10-12-14-16-18-20-21-22-23-24-26-28-30-32-34-36-39-49-43(42-52-53(47,48)51-40-38-45(3,4)5)41-50-44(46)37-35-33-31-29-27-25-19-17-15-13-11-9-7-2/h14,16,20-21,23-24,28,30,43H,6-13,15,17-19,22,25-27,29,31-42H2,1-5H3/p+1/t43-/m1/s1/i44+2. The van der Waals surface area contributed by atoms with E-state index in [1.807, 2.05) is 21.1 Å². The number of unbranched alkanes of at least 4 members (excludes halogenated alkanes) is 17. The van der Waals surface area contributed by atoms with Gasteiger partial charge in [0.25, 0.3) is 0 Å². The van der Waals surface area contributed by atoms with Crippen molar-refractivity contribution >= 4 is 13.8 Å². The van der Waals surface area contributed by atoms with E-state index in [0.29, 0.717) is 24.1 Å². The van der Waals surface area contributed by atoms with Crippen molar-refractivity contribution in [3.63, 3.8) is 0 Å². The van der Waals surface area contributed by atoms with Crippen LogP contribution >= 0.6 is 7.82 Å². The van der Waals surface area contributed by atoms with Gasteiger partial charge in [0, 0.05) is 13.0 Å². The van der Waals surface area contributed by atoms with Crippen LogP contribution in [0.1, 0.15) is 168 Å². The number of likely N-dealkylation sites (N-methyl/N-ethyl adjacent to an activating group) is 1. The lowest BCUT2D eigenvalue weighted by atomic mass is 10.0. The van der Waals surface area contributed by atoms with Crippen molar-refractivity contribution in [2.45, 2.75) is 174 Å². The molecule has 0 saturated carbocycles. The number of hydrogen-bond donors (Lipinski definition) is 1. The molecule has 0 radical (unpaired) electrons. The molecule has 0 amide bonds. The first-order valence-electron chi connectivity index (χ1n) is 21.4. The van der Waals surface area contributed by atoms with E-state index in [0.717, 1.165) is 57.8 Å². The van der Waals surface area contributed by atoms with Gasteiger partial charge >= 0.3 is 13.8 Å². The van der Waals surface area contributed by atoms with Crippen LogP contribution in [0, 0.1) is 0 Å². The molecule has 0 heterocycles. The van der Waals surface area contributed by atoms with E-state index in [1.165, 1.54) is 89.9 Å². The van der Waals surface area contributed by atoms with Gasteiger partial charge in [-0.05, 0) is 57.8 Å². The second kappa shape index (κ2) is 37.4. The normalized spacial score (nSPS) is 14.3. The second-order valence-electron chi connectivity index (χ2n) is 15.4. The number of carbonyl (C=O) groups excluding carboxylic acids is 1. The molecule has 0 bridgehead atoms. The Hall–Kier alpha value is -1.54. The molecule has 0 saturated heterocycles. The van der Waals surface area contributed by atoms with Gasteiger partial charge < -0.3 is 18.9 Å². The predicted molar refractivity (Wildman–Crippen MR) is 224 cm³/mol. The van der Waals surface area contributed by atoms with Crippen LogP contribution in [0.25, 0.3) is 0 Å². The number of hydrogen-bond acceptors (Lipinski definition) is 6. The van der Waals surface area contributed by atoms with E-state index in [2.05, 4.69) is 62.5 Å². The predicted octanol–water partition coefficient (Wildman–Crippen LogP) is 12.4. The Morgan fingerprint density at radius 2 is 1.04 bits per heavy atom. The van der Waals surface area contributed by atoms with Crippen LogP contribution < -0.4 is 0 Å². The van der Waals surface area contributed by atoms with Crippen LogP contribution in [0.5, 0.6) is 0 Å². The molecule has 0 aromatic heterocycles. The number of esters is 1. The smallest absolute Gasteiger partial charge is 0.463 e. The summed E-state index contributed by atoms with van der Waals surface area (Å²) in [5.41, 5.74) is 0. The third-order valence-corrected chi connectivity index (χ3v) is 9.92. The van der Waals surface area contributed by atoms with Crippen molar-refractivity contribution in [2.24, 2.45) is 0 Å². The second-order valence-corrected chi connectivity index (χ2v) is 16.8. The first-order valence-corrected chi connectivity index (χ1v) is 22.9. The Labute approximate surface area is 327 Å².